The lowest BCUT2D eigenvalue weighted by Gasteiger charge is -2.34. The van der Waals surface area contributed by atoms with E-state index in [0.717, 1.165) is 12.8 Å². The summed E-state index contributed by atoms with van der Waals surface area (Å²) >= 11 is 0. The first-order valence-electron chi connectivity index (χ1n) is 6.63. The molecule has 2 aliphatic rings. The van der Waals surface area contributed by atoms with Crippen LogP contribution in [0, 0.1) is 0 Å². The minimum absolute atomic E-state index is 0.0968. The number of hydrogen-bond acceptors (Lipinski definition) is 5. The molecule has 0 spiro atoms. The number of carboxylic acid groups (broad SMARTS) is 1. The van der Waals surface area contributed by atoms with Crippen LogP contribution in [0.25, 0.3) is 0 Å². The molecule has 1 amide bonds. The van der Waals surface area contributed by atoms with Crippen LogP contribution >= 0.6 is 0 Å². The molecule has 1 aliphatic heterocycles. The second-order valence-electron chi connectivity index (χ2n) is 5.01. The van der Waals surface area contributed by atoms with E-state index in [0.29, 0.717) is 19.0 Å². The van der Waals surface area contributed by atoms with Crippen molar-refractivity contribution in [1.29, 1.82) is 0 Å². The third-order valence-corrected chi connectivity index (χ3v) is 3.44. The fraction of sp³-hybridized carbons (Fsp3) is 0.538. The number of nitrogens with one attached hydrogen (secondary N) is 1. The van der Waals surface area contributed by atoms with E-state index in [2.05, 4.69) is 5.32 Å². The highest BCUT2D eigenvalue weighted by Gasteiger charge is 2.34. The molecule has 1 unspecified atom stereocenters. The van der Waals surface area contributed by atoms with E-state index in [1.165, 1.54) is 6.07 Å². The Hall–Kier alpha value is -2.02. The second kappa shape index (κ2) is 5.16. The van der Waals surface area contributed by atoms with Gasteiger partial charge < -0.3 is 24.5 Å². The number of anilines is 1. The number of hydrogen-bond donors (Lipinski definition) is 2. The van der Waals surface area contributed by atoms with Crippen molar-refractivity contribution in [1.82, 2.24) is 5.32 Å². The first-order valence-corrected chi connectivity index (χ1v) is 6.63. The second-order valence-corrected chi connectivity index (χ2v) is 5.01. The predicted molar refractivity (Wildman–Crippen MR) is 68.8 cm³/mol. The number of morpholine rings is 1. The van der Waals surface area contributed by atoms with Crippen molar-refractivity contribution in [2.24, 2.45) is 0 Å². The van der Waals surface area contributed by atoms with Crippen LogP contribution < -0.4 is 10.2 Å². The molecule has 1 aromatic rings. The summed E-state index contributed by atoms with van der Waals surface area (Å²) in [5, 5.41) is 11.8. The summed E-state index contributed by atoms with van der Waals surface area (Å²) in [5.74, 6) is -0.960. The van der Waals surface area contributed by atoms with Gasteiger partial charge in [0.25, 0.3) is 0 Å². The molecular formula is C13H16N2O5. The van der Waals surface area contributed by atoms with E-state index in [4.69, 9.17) is 14.3 Å². The van der Waals surface area contributed by atoms with E-state index < -0.39 is 12.0 Å². The zero-order valence-corrected chi connectivity index (χ0v) is 10.9. The first-order chi connectivity index (χ1) is 9.65. The standard InChI is InChI=1S/C13H16N2O5/c16-12(14-8-1-2-8)9-7-19-6-5-15(9)11-4-3-10(20-11)13(17)18/h3-4,8-9H,1-2,5-7H2,(H,14,16)(H,17,18). The Morgan fingerprint density at radius 3 is 2.80 bits per heavy atom. The molecular weight excluding hydrogens is 264 g/mol. The van der Waals surface area contributed by atoms with Crippen molar-refractivity contribution in [2.75, 3.05) is 24.7 Å². The summed E-state index contributed by atoms with van der Waals surface area (Å²) in [5.41, 5.74) is 0. The molecule has 3 rings (SSSR count). The van der Waals surface area contributed by atoms with E-state index in [9.17, 15) is 9.59 Å². The summed E-state index contributed by atoms with van der Waals surface area (Å²) in [6.07, 6.45) is 2.03. The van der Waals surface area contributed by atoms with Gasteiger partial charge in [0.2, 0.25) is 11.7 Å². The lowest BCUT2D eigenvalue weighted by Crippen LogP contribution is -2.54. The average Bonchev–Trinajstić information content (AvgIpc) is 3.11. The monoisotopic (exact) mass is 280 g/mol. The lowest BCUT2D eigenvalue weighted by atomic mass is 10.2. The molecule has 7 nitrogen and oxygen atoms in total. The third kappa shape index (κ3) is 2.62. The van der Waals surface area contributed by atoms with Gasteiger partial charge in [-0.15, -0.1) is 0 Å². The van der Waals surface area contributed by atoms with Crippen molar-refractivity contribution in [3.05, 3.63) is 17.9 Å². The summed E-state index contributed by atoms with van der Waals surface area (Å²) in [6.45, 7) is 1.26. The van der Waals surface area contributed by atoms with Gasteiger partial charge >= 0.3 is 5.97 Å². The highest BCUT2D eigenvalue weighted by atomic mass is 16.5. The largest absolute Gasteiger partial charge is 0.475 e. The molecule has 20 heavy (non-hydrogen) atoms. The number of rotatable bonds is 4. The maximum absolute atomic E-state index is 12.2. The van der Waals surface area contributed by atoms with Crippen molar-refractivity contribution in [3.8, 4) is 0 Å². The SMILES string of the molecule is O=C(O)c1ccc(N2CCOCC2C(=O)NC2CC2)o1. The molecule has 2 fully saturated rings. The van der Waals surface area contributed by atoms with Crippen LogP contribution in [0.3, 0.4) is 0 Å². The van der Waals surface area contributed by atoms with Gasteiger partial charge in [-0.25, -0.2) is 4.79 Å². The number of ether oxygens (including phenoxy) is 1. The van der Waals surface area contributed by atoms with Gasteiger partial charge in [-0.2, -0.15) is 0 Å². The molecule has 1 saturated heterocycles. The van der Waals surface area contributed by atoms with Crippen LogP contribution in [0.15, 0.2) is 16.5 Å². The normalized spacial score (nSPS) is 22.6. The molecule has 1 atom stereocenters. The molecule has 1 aromatic heterocycles. The third-order valence-electron chi connectivity index (χ3n) is 3.44. The summed E-state index contributed by atoms with van der Waals surface area (Å²) in [4.78, 5) is 24.8. The summed E-state index contributed by atoms with van der Waals surface area (Å²) < 4.78 is 10.6. The van der Waals surface area contributed by atoms with Crippen LogP contribution in [0.5, 0.6) is 0 Å². The smallest absolute Gasteiger partial charge is 0.371 e. The van der Waals surface area contributed by atoms with Crippen molar-refractivity contribution in [3.63, 3.8) is 0 Å². The fourth-order valence-corrected chi connectivity index (χ4v) is 2.21. The van der Waals surface area contributed by atoms with E-state index in [1.54, 1.807) is 11.0 Å². The Morgan fingerprint density at radius 1 is 1.35 bits per heavy atom. The Balaban J connectivity index is 1.76. The molecule has 108 valence electrons. The van der Waals surface area contributed by atoms with E-state index >= 15 is 0 Å². The Labute approximate surface area is 115 Å². The first kappa shape index (κ1) is 13.0. The topological polar surface area (TPSA) is 92.0 Å². The minimum atomic E-state index is -1.12. The lowest BCUT2D eigenvalue weighted by molar-refractivity contribution is -0.124. The highest BCUT2D eigenvalue weighted by molar-refractivity contribution is 5.87. The zero-order valence-electron chi connectivity index (χ0n) is 10.9. The van der Waals surface area contributed by atoms with Gasteiger partial charge in [0.05, 0.1) is 13.2 Å². The van der Waals surface area contributed by atoms with Crippen LogP contribution in [0.2, 0.25) is 0 Å². The number of furan rings is 1. The molecule has 1 saturated carbocycles. The molecule has 1 aliphatic carbocycles. The van der Waals surface area contributed by atoms with Gasteiger partial charge in [-0.1, -0.05) is 0 Å². The number of carbonyl (C=O) groups is 2. The number of nitrogens with zero attached hydrogens (tertiary/aromatic N) is 1. The van der Waals surface area contributed by atoms with Gasteiger partial charge in [0.15, 0.2) is 5.88 Å². The maximum atomic E-state index is 12.2. The number of carbonyl (C=O) groups excluding carboxylic acids is 1. The maximum Gasteiger partial charge on any atom is 0.371 e. The van der Waals surface area contributed by atoms with E-state index in [-0.39, 0.29) is 24.3 Å². The van der Waals surface area contributed by atoms with Gasteiger partial charge in [-0.05, 0) is 18.9 Å². The van der Waals surface area contributed by atoms with Gasteiger partial charge in [0.1, 0.15) is 6.04 Å². The van der Waals surface area contributed by atoms with Crippen LogP contribution in [-0.4, -0.2) is 48.8 Å². The van der Waals surface area contributed by atoms with Gasteiger partial charge in [-0.3, -0.25) is 4.79 Å². The van der Waals surface area contributed by atoms with Crippen molar-refractivity contribution < 1.29 is 23.8 Å². The molecule has 0 bridgehead atoms. The van der Waals surface area contributed by atoms with Crippen LogP contribution in [0.1, 0.15) is 23.4 Å². The minimum Gasteiger partial charge on any atom is -0.475 e. The van der Waals surface area contributed by atoms with Crippen LogP contribution in [-0.2, 0) is 9.53 Å². The van der Waals surface area contributed by atoms with E-state index in [1.807, 2.05) is 0 Å². The predicted octanol–water partition coefficient (Wildman–Crippen LogP) is 0.462. The highest BCUT2D eigenvalue weighted by Crippen LogP contribution is 2.24. The molecule has 2 N–H and O–H groups in total. The summed E-state index contributed by atoms with van der Waals surface area (Å²) in [6, 6.07) is 2.77. The average molecular weight is 280 g/mol. The summed E-state index contributed by atoms with van der Waals surface area (Å²) in [7, 11) is 0. The fourth-order valence-electron chi connectivity index (χ4n) is 2.21. The number of aromatic carboxylic acids is 1. The Kier molecular flexibility index (Phi) is 3.35. The Morgan fingerprint density at radius 2 is 2.15 bits per heavy atom. The Bertz CT molecular complexity index is 523. The number of carboxylic acids is 1. The number of amides is 1. The van der Waals surface area contributed by atoms with Crippen LogP contribution in [0.4, 0.5) is 5.88 Å². The van der Waals surface area contributed by atoms with Crippen molar-refractivity contribution >= 4 is 17.8 Å². The van der Waals surface area contributed by atoms with Crippen molar-refractivity contribution in [2.45, 2.75) is 24.9 Å². The molecule has 0 radical (unpaired) electrons. The molecule has 2 heterocycles. The van der Waals surface area contributed by atoms with Gasteiger partial charge in [0, 0.05) is 18.7 Å². The molecule has 7 heteroatoms. The zero-order chi connectivity index (χ0) is 14.1. The quantitative estimate of drug-likeness (QED) is 0.832. The molecule has 0 aromatic carbocycles.